The molecular weight excluding hydrogens is 443 g/mol. The number of rotatable bonds is 3. The molecule has 0 fully saturated rings. The van der Waals surface area contributed by atoms with Crippen molar-refractivity contribution in [2.45, 2.75) is 11.8 Å². The zero-order valence-corrected chi connectivity index (χ0v) is 15.6. The van der Waals surface area contributed by atoms with Crippen molar-refractivity contribution >= 4 is 64.9 Å². The maximum atomic E-state index is 12.4. The van der Waals surface area contributed by atoms with Crippen LogP contribution in [0.25, 0.3) is 0 Å². The lowest BCUT2D eigenvalue weighted by molar-refractivity contribution is 0.601. The average Bonchev–Trinajstić information content (AvgIpc) is 2.37. The molecule has 0 spiro atoms. The monoisotopic (exact) mass is 452 g/mol. The van der Waals surface area contributed by atoms with Crippen LogP contribution in [0.5, 0.6) is 0 Å². The minimum Gasteiger partial charge on any atom is -0.397 e. The molecular formula is C13H11Br2ClN2O2S. The van der Waals surface area contributed by atoms with Crippen LogP contribution in [0, 0.1) is 6.92 Å². The zero-order chi connectivity index (χ0) is 15.8. The molecule has 0 heterocycles. The number of nitrogens with one attached hydrogen (secondary N) is 1. The summed E-state index contributed by atoms with van der Waals surface area (Å²) in [5.74, 6) is 0. The Kier molecular flexibility index (Phi) is 4.87. The fourth-order valence-electron chi connectivity index (χ4n) is 1.68. The number of sulfonamides is 1. The number of benzene rings is 2. The molecule has 21 heavy (non-hydrogen) atoms. The van der Waals surface area contributed by atoms with Crippen LogP contribution in [-0.2, 0) is 10.0 Å². The van der Waals surface area contributed by atoms with Crippen LogP contribution < -0.4 is 10.5 Å². The predicted octanol–water partition coefficient (Wildman–Crippen LogP) is 4.56. The van der Waals surface area contributed by atoms with Gasteiger partial charge in [0.2, 0.25) is 0 Å². The van der Waals surface area contributed by atoms with Crippen LogP contribution in [0.3, 0.4) is 0 Å². The molecule has 0 saturated carbocycles. The van der Waals surface area contributed by atoms with Gasteiger partial charge in [0, 0.05) is 8.95 Å². The first-order valence-electron chi connectivity index (χ1n) is 5.74. The normalized spacial score (nSPS) is 11.4. The number of halogens is 3. The maximum absolute atomic E-state index is 12.4. The summed E-state index contributed by atoms with van der Waals surface area (Å²) in [6.07, 6.45) is 0. The summed E-state index contributed by atoms with van der Waals surface area (Å²) >= 11 is 12.5. The Labute approximate surface area is 145 Å². The van der Waals surface area contributed by atoms with Gasteiger partial charge in [-0.15, -0.1) is 0 Å². The van der Waals surface area contributed by atoms with Crippen molar-refractivity contribution in [3.63, 3.8) is 0 Å². The van der Waals surface area contributed by atoms with E-state index in [9.17, 15) is 8.42 Å². The third-order valence-corrected chi connectivity index (χ3v) is 5.64. The Morgan fingerprint density at radius 2 is 1.71 bits per heavy atom. The van der Waals surface area contributed by atoms with E-state index < -0.39 is 10.0 Å². The Morgan fingerprint density at radius 3 is 2.24 bits per heavy atom. The first-order valence-corrected chi connectivity index (χ1v) is 9.19. The fourth-order valence-corrected chi connectivity index (χ4v) is 4.81. The van der Waals surface area contributed by atoms with Gasteiger partial charge in [-0.25, -0.2) is 8.42 Å². The maximum Gasteiger partial charge on any atom is 0.262 e. The molecule has 0 aliphatic rings. The summed E-state index contributed by atoms with van der Waals surface area (Å²) in [5.41, 5.74) is 7.28. The molecule has 4 nitrogen and oxygen atoms in total. The Bertz CT molecular complexity index is 787. The third kappa shape index (κ3) is 3.71. The molecule has 3 N–H and O–H groups in total. The first-order chi connectivity index (χ1) is 9.70. The fraction of sp³-hybridized carbons (Fsp3) is 0.0769. The van der Waals surface area contributed by atoms with E-state index in [0.29, 0.717) is 19.7 Å². The third-order valence-electron chi connectivity index (χ3n) is 2.70. The second kappa shape index (κ2) is 6.16. The molecule has 0 radical (unpaired) electrons. The quantitative estimate of drug-likeness (QED) is 0.668. The minimum absolute atomic E-state index is 0.0452. The van der Waals surface area contributed by atoms with E-state index in [2.05, 4.69) is 36.6 Å². The van der Waals surface area contributed by atoms with Gasteiger partial charge >= 0.3 is 0 Å². The molecule has 0 saturated heterocycles. The number of aryl methyl sites for hydroxylation is 1. The highest BCUT2D eigenvalue weighted by Gasteiger charge is 2.18. The van der Waals surface area contributed by atoms with Gasteiger partial charge in [-0.05, 0) is 74.7 Å². The molecule has 0 aliphatic heterocycles. The van der Waals surface area contributed by atoms with E-state index in [4.69, 9.17) is 17.3 Å². The Balaban J connectivity index is 2.44. The summed E-state index contributed by atoms with van der Waals surface area (Å²) in [5, 5.41) is 0.312. The highest BCUT2D eigenvalue weighted by atomic mass is 79.9. The zero-order valence-electron chi connectivity index (χ0n) is 10.8. The minimum atomic E-state index is -3.76. The van der Waals surface area contributed by atoms with Crippen molar-refractivity contribution in [1.29, 1.82) is 0 Å². The van der Waals surface area contributed by atoms with Crippen LogP contribution in [-0.4, -0.2) is 8.42 Å². The number of hydrogen-bond donors (Lipinski definition) is 2. The van der Waals surface area contributed by atoms with Crippen molar-refractivity contribution in [2.24, 2.45) is 0 Å². The molecule has 2 aromatic rings. The molecule has 0 bridgehead atoms. The Hall–Kier alpha value is -0.760. The van der Waals surface area contributed by atoms with Crippen molar-refractivity contribution in [1.82, 2.24) is 0 Å². The van der Waals surface area contributed by atoms with Crippen LogP contribution in [0.15, 0.2) is 44.2 Å². The number of nitrogen functional groups attached to an aromatic ring is 1. The Morgan fingerprint density at radius 1 is 1.14 bits per heavy atom. The molecule has 0 aromatic heterocycles. The lowest BCUT2D eigenvalue weighted by Gasteiger charge is -2.13. The highest BCUT2D eigenvalue weighted by molar-refractivity contribution is 9.11. The molecule has 0 atom stereocenters. The van der Waals surface area contributed by atoms with Crippen molar-refractivity contribution in [3.05, 3.63) is 49.9 Å². The summed E-state index contributed by atoms with van der Waals surface area (Å²) in [6.45, 7) is 1.91. The molecule has 2 rings (SSSR count). The summed E-state index contributed by atoms with van der Waals surface area (Å²) in [7, 11) is -3.76. The topological polar surface area (TPSA) is 72.2 Å². The lowest BCUT2D eigenvalue weighted by atomic mass is 10.2. The van der Waals surface area contributed by atoms with Crippen LogP contribution in [0.4, 0.5) is 11.4 Å². The van der Waals surface area contributed by atoms with Crippen LogP contribution in [0.2, 0.25) is 5.02 Å². The van der Waals surface area contributed by atoms with Gasteiger partial charge in [-0.1, -0.05) is 11.6 Å². The van der Waals surface area contributed by atoms with E-state index in [1.807, 2.05) is 19.1 Å². The molecule has 112 valence electrons. The van der Waals surface area contributed by atoms with E-state index in [-0.39, 0.29) is 10.6 Å². The largest absolute Gasteiger partial charge is 0.397 e. The smallest absolute Gasteiger partial charge is 0.262 e. The second-order valence-corrected chi connectivity index (χ2v) is 8.19. The average molecular weight is 455 g/mol. The van der Waals surface area contributed by atoms with Gasteiger partial charge in [0.25, 0.3) is 10.0 Å². The van der Waals surface area contributed by atoms with Crippen LogP contribution in [0.1, 0.15) is 5.56 Å². The summed E-state index contributed by atoms with van der Waals surface area (Å²) in [4.78, 5) is 0.0452. The molecule has 0 amide bonds. The number of anilines is 2. The predicted molar refractivity (Wildman–Crippen MR) is 93.3 cm³/mol. The summed E-state index contributed by atoms with van der Waals surface area (Å²) in [6, 6.07) is 7.81. The SMILES string of the molecule is Cc1cc(Br)c(NS(=O)(=O)c2ccc(Cl)c(N)c2)c(Br)c1. The van der Waals surface area contributed by atoms with Gasteiger partial charge in [-0.3, -0.25) is 4.72 Å². The number of hydrogen-bond acceptors (Lipinski definition) is 3. The van der Waals surface area contributed by atoms with E-state index in [1.54, 1.807) is 0 Å². The van der Waals surface area contributed by atoms with Crippen molar-refractivity contribution < 1.29 is 8.42 Å². The van der Waals surface area contributed by atoms with Gasteiger partial charge in [0.1, 0.15) is 0 Å². The first kappa shape index (κ1) is 16.6. The molecule has 2 aromatic carbocycles. The van der Waals surface area contributed by atoms with E-state index >= 15 is 0 Å². The molecule has 0 unspecified atom stereocenters. The van der Waals surface area contributed by atoms with E-state index in [0.717, 1.165) is 5.56 Å². The lowest BCUT2D eigenvalue weighted by Crippen LogP contribution is -2.14. The van der Waals surface area contributed by atoms with Gasteiger partial charge in [0.15, 0.2) is 0 Å². The standard InChI is InChI=1S/C13H11Br2ClN2O2S/c1-7-4-9(14)13(10(15)5-7)18-21(19,20)8-2-3-11(16)12(17)6-8/h2-6,18H,17H2,1H3. The van der Waals surface area contributed by atoms with Gasteiger partial charge in [-0.2, -0.15) is 0 Å². The van der Waals surface area contributed by atoms with Gasteiger partial charge < -0.3 is 5.73 Å². The van der Waals surface area contributed by atoms with Crippen molar-refractivity contribution in [3.8, 4) is 0 Å². The summed E-state index contributed by atoms with van der Waals surface area (Å²) < 4.78 is 28.6. The van der Waals surface area contributed by atoms with Gasteiger partial charge in [0.05, 0.1) is 21.3 Å². The van der Waals surface area contributed by atoms with Crippen LogP contribution >= 0.6 is 43.5 Å². The highest BCUT2D eigenvalue weighted by Crippen LogP contribution is 2.34. The second-order valence-electron chi connectivity index (χ2n) is 4.39. The number of nitrogens with two attached hydrogens (primary N) is 1. The van der Waals surface area contributed by atoms with Crippen molar-refractivity contribution in [2.75, 3.05) is 10.5 Å². The molecule has 8 heteroatoms. The molecule has 0 aliphatic carbocycles. The van der Waals surface area contributed by atoms with E-state index in [1.165, 1.54) is 18.2 Å².